The number of benzene rings is 2. The first-order chi connectivity index (χ1) is 21.6. The molecule has 1 saturated heterocycles. The third-order valence-corrected chi connectivity index (χ3v) is 14.1. The highest BCUT2D eigenvalue weighted by atomic mass is 32.1. The van der Waals surface area contributed by atoms with Gasteiger partial charge in [0.15, 0.2) is 6.23 Å². The number of hydrogen-bond donors (Lipinski definition) is 0. The van der Waals surface area contributed by atoms with Crippen LogP contribution in [0.4, 0.5) is 0 Å². The average Bonchev–Trinajstić information content (AvgIpc) is 3.64. The summed E-state index contributed by atoms with van der Waals surface area (Å²) in [5.74, 6) is 0.893. The average molecular weight is 652 g/mol. The van der Waals surface area contributed by atoms with Crippen molar-refractivity contribution in [2.45, 2.75) is 97.1 Å². The Morgan fingerprint density at radius 2 is 1.82 bits per heavy atom. The van der Waals surface area contributed by atoms with E-state index >= 15 is 0 Å². The summed E-state index contributed by atoms with van der Waals surface area (Å²) in [6.45, 7) is 16.9. The molecule has 0 amide bonds. The minimum absolute atomic E-state index is 0.0590. The summed E-state index contributed by atoms with van der Waals surface area (Å²) in [7, 11) is -2.00. The molecular formula is C35H49N3O5SSi. The van der Waals surface area contributed by atoms with Gasteiger partial charge < -0.3 is 23.4 Å². The smallest absolute Gasteiger partial charge is 0.250 e. The van der Waals surface area contributed by atoms with Crippen LogP contribution < -0.4 is 4.43 Å². The molecule has 8 nitrogen and oxygen atoms in total. The molecule has 0 saturated carbocycles. The Balaban J connectivity index is 1.17. The summed E-state index contributed by atoms with van der Waals surface area (Å²) >= 11 is 1.62. The van der Waals surface area contributed by atoms with Crippen molar-refractivity contribution in [2.75, 3.05) is 26.4 Å². The predicted molar refractivity (Wildman–Crippen MR) is 183 cm³/mol. The second-order valence-electron chi connectivity index (χ2n) is 13.3. The van der Waals surface area contributed by atoms with E-state index in [1.807, 2.05) is 24.4 Å². The molecule has 2 atom stereocenters. The Labute approximate surface area is 273 Å². The number of aromatic nitrogens is 3. The summed E-state index contributed by atoms with van der Waals surface area (Å²) in [5, 5.41) is 7.19. The fourth-order valence-corrected chi connectivity index (χ4v) is 6.84. The molecule has 0 N–H and O–H groups in total. The van der Waals surface area contributed by atoms with Crippen LogP contribution in [0.2, 0.25) is 18.1 Å². The lowest BCUT2D eigenvalue weighted by Crippen LogP contribution is -2.43. The molecule has 1 unspecified atom stereocenters. The number of ether oxygens (including phenoxy) is 4. The fraction of sp³-hybridized carbons (Fsp3) is 0.543. The van der Waals surface area contributed by atoms with Crippen LogP contribution in [-0.2, 0) is 32.2 Å². The van der Waals surface area contributed by atoms with Gasteiger partial charge in [-0.05, 0) is 74.5 Å². The van der Waals surface area contributed by atoms with Gasteiger partial charge in [0.2, 0.25) is 8.32 Å². The number of fused-ring (bicyclic) bond motifs is 1. The van der Waals surface area contributed by atoms with Crippen LogP contribution in [0.5, 0.6) is 5.75 Å². The van der Waals surface area contributed by atoms with Crippen molar-refractivity contribution in [1.82, 2.24) is 14.8 Å². The summed E-state index contributed by atoms with van der Waals surface area (Å²) in [5.41, 5.74) is 3.15. The summed E-state index contributed by atoms with van der Waals surface area (Å²) in [4.78, 5) is 5.68. The highest BCUT2D eigenvalue weighted by Gasteiger charge is 2.39. The molecule has 5 rings (SSSR count). The summed E-state index contributed by atoms with van der Waals surface area (Å²) < 4.78 is 32.5. The number of thiazole rings is 1. The zero-order valence-electron chi connectivity index (χ0n) is 27.7. The van der Waals surface area contributed by atoms with E-state index in [9.17, 15) is 0 Å². The summed E-state index contributed by atoms with van der Waals surface area (Å²) in [6.07, 6.45) is 6.03. The summed E-state index contributed by atoms with van der Waals surface area (Å²) in [6, 6.07) is 16.6. The van der Waals surface area contributed by atoms with Gasteiger partial charge in [0, 0.05) is 24.8 Å². The SMILES string of the molecule is C[C@H](CCOCCOCc1ncc(-c2nn(C3CCCCO3)c3ccc(O[Si](C)(C)C(C)(C)C)cc23)s1)OCc1ccccc1. The molecule has 10 heteroatoms. The molecule has 2 aromatic heterocycles. The molecule has 4 aromatic rings. The quantitative estimate of drug-likeness (QED) is 0.0939. The first-order valence-electron chi connectivity index (χ1n) is 16.2. The van der Waals surface area contributed by atoms with Crippen molar-refractivity contribution in [1.29, 1.82) is 0 Å². The molecule has 2 aromatic carbocycles. The van der Waals surface area contributed by atoms with Crippen LogP contribution in [0.3, 0.4) is 0 Å². The van der Waals surface area contributed by atoms with Crippen molar-refractivity contribution in [3.05, 3.63) is 65.3 Å². The maximum absolute atomic E-state index is 6.68. The van der Waals surface area contributed by atoms with Gasteiger partial charge in [-0.15, -0.1) is 11.3 Å². The van der Waals surface area contributed by atoms with Crippen LogP contribution in [0.25, 0.3) is 21.5 Å². The molecule has 0 aliphatic carbocycles. The first kappa shape index (κ1) is 33.8. The van der Waals surface area contributed by atoms with Crippen LogP contribution in [0, 0.1) is 0 Å². The normalized spacial score (nSPS) is 16.7. The minimum Gasteiger partial charge on any atom is -0.543 e. The molecule has 3 heterocycles. The van der Waals surface area contributed by atoms with Crippen molar-refractivity contribution in [3.8, 4) is 16.3 Å². The van der Waals surface area contributed by atoms with Crippen LogP contribution in [0.1, 0.15) is 70.2 Å². The second-order valence-corrected chi connectivity index (χ2v) is 19.2. The van der Waals surface area contributed by atoms with Crippen LogP contribution >= 0.6 is 11.3 Å². The molecule has 1 aliphatic rings. The molecule has 0 radical (unpaired) electrons. The fourth-order valence-electron chi connectivity index (χ4n) is 4.96. The van der Waals surface area contributed by atoms with E-state index in [-0.39, 0.29) is 17.4 Å². The van der Waals surface area contributed by atoms with Gasteiger partial charge in [-0.2, -0.15) is 5.10 Å². The lowest BCUT2D eigenvalue weighted by molar-refractivity contribution is -0.0365. The van der Waals surface area contributed by atoms with E-state index in [1.165, 1.54) is 5.56 Å². The largest absolute Gasteiger partial charge is 0.543 e. The Bertz CT molecular complexity index is 1490. The number of hydrogen-bond acceptors (Lipinski definition) is 8. The lowest BCUT2D eigenvalue weighted by atomic mass is 10.1. The molecule has 0 bridgehead atoms. The van der Waals surface area contributed by atoms with E-state index in [0.717, 1.165) is 64.5 Å². The van der Waals surface area contributed by atoms with E-state index in [4.69, 9.17) is 28.5 Å². The van der Waals surface area contributed by atoms with Crippen LogP contribution in [0.15, 0.2) is 54.7 Å². The van der Waals surface area contributed by atoms with Crippen LogP contribution in [-0.4, -0.2) is 55.6 Å². The lowest BCUT2D eigenvalue weighted by Gasteiger charge is -2.36. The van der Waals surface area contributed by atoms with Gasteiger partial charge in [0.1, 0.15) is 16.5 Å². The van der Waals surface area contributed by atoms with Gasteiger partial charge in [0.05, 0.1) is 42.9 Å². The highest BCUT2D eigenvalue weighted by molar-refractivity contribution is 7.15. The van der Waals surface area contributed by atoms with E-state index in [0.29, 0.717) is 33.0 Å². The number of nitrogens with zero attached hydrogens (tertiary/aromatic N) is 3. The van der Waals surface area contributed by atoms with E-state index in [1.54, 1.807) is 11.3 Å². The standard InChI is InChI=1S/C35H49N3O5SSi/c1-26(42-24-27-12-8-7-9-13-27)17-19-39-20-21-40-25-32-36-23-31(44-32)34-29-22-28(43-45(5,6)35(2,3)4)15-16-30(29)38(37-34)33-14-10-11-18-41-33/h7-9,12-13,15-16,22-23,26,33H,10-11,14,17-21,24-25H2,1-6H3/t26-,33?/m1/s1. The highest BCUT2D eigenvalue weighted by Crippen LogP contribution is 2.40. The molecule has 0 spiro atoms. The van der Waals surface area contributed by atoms with Crippen molar-refractivity contribution in [3.63, 3.8) is 0 Å². The third kappa shape index (κ3) is 9.02. The maximum atomic E-state index is 6.68. The molecule has 1 fully saturated rings. The Kier molecular flexibility index (Phi) is 11.5. The van der Waals surface area contributed by atoms with Gasteiger partial charge >= 0.3 is 0 Å². The minimum atomic E-state index is -2.00. The van der Waals surface area contributed by atoms with Gasteiger partial charge in [-0.3, -0.25) is 0 Å². The van der Waals surface area contributed by atoms with Gasteiger partial charge in [-0.25, -0.2) is 9.67 Å². The van der Waals surface area contributed by atoms with Gasteiger partial charge in [-0.1, -0.05) is 51.1 Å². The number of rotatable bonds is 15. The zero-order chi connectivity index (χ0) is 31.9. The van der Waals surface area contributed by atoms with Gasteiger partial charge in [0.25, 0.3) is 0 Å². The molecule has 1 aliphatic heterocycles. The van der Waals surface area contributed by atoms with Crippen molar-refractivity contribution in [2.24, 2.45) is 0 Å². The maximum Gasteiger partial charge on any atom is 0.250 e. The van der Waals surface area contributed by atoms with Crippen molar-refractivity contribution < 1.29 is 23.4 Å². The van der Waals surface area contributed by atoms with Crippen molar-refractivity contribution >= 4 is 30.6 Å². The Morgan fingerprint density at radius 3 is 2.58 bits per heavy atom. The monoisotopic (exact) mass is 651 g/mol. The zero-order valence-corrected chi connectivity index (χ0v) is 29.5. The molecule has 45 heavy (non-hydrogen) atoms. The first-order valence-corrected chi connectivity index (χ1v) is 19.9. The van der Waals surface area contributed by atoms with E-state index < -0.39 is 8.32 Å². The molecular weight excluding hydrogens is 603 g/mol. The molecule has 244 valence electrons. The van der Waals surface area contributed by atoms with E-state index in [2.05, 4.69) is 80.8 Å². The second kappa shape index (κ2) is 15.3. The Morgan fingerprint density at radius 1 is 1.02 bits per heavy atom. The predicted octanol–water partition coefficient (Wildman–Crippen LogP) is 8.77. The topological polar surface area (TPSA) is 76.9 Å². The third-order valence-electron chi connectivity index (χ3n) is 8.72. The Hall–Kier alpha value is -2.60.